The van der Waals surface area contributed by atoms with Crippen LogP contribution in [0.2, 0.25) is 0 Å². The van der Waals surface area contributed by atoms with Crippen LogP contribution in [0.1, 0.15) is 63.0 Å². The van der Waals surface area contributed by atoms with Gasteiger partial charge in [-0.3, -0.25) is 4.79 Å². The van der Waals surface area contributed by atoms with Gasteiger partial charge >= 0.3 is 0 Å². The summed E-state index contributed by atoms with van der Waals surface area (Å²) >= 11 is 0. The Morgan fingerprint density at radius 1 is 1.15 bits per heavy atom. The van der Waals surface area contributed by atoms with Crippen LogP contribution in [-0.2, 0) is 4.79 Å². The Labute approximate surface area is 155 Å². The lowest BCUT2D eigenvalue weighted by Gasteiger charge is -2.38. The standard InChI is InChI=1S/C21H30N2O3/c22-15-21(9-2-1-3-10-21)14-19(24)23-11-5-7-17(23)16-6-4-8-18-20(16)26-13-12-25-18/h4,6,8,17H,1-3,5,7,9-15,22H2. The number of amides is 1. The molecule has 0 bridgehead atoms. The highest BCUT2D eigenvalue weighted by Gasteiger charge is 2.38. The lowest BCUT2D eigenvalue weighted by Crippen LogP contribution is -2.40. The van der Waals surface area contributed by atoms with E-state index in [4.69, 9.17) is 15.2 Å². The van der Waals surface area contributed by atoms with Crippen molar-refractivity contribution in [3.8, 4) is 11.5 Å². The molecule has 2 N–H and O–H groups in total. The molecule has 2 heterocycles. The minimum Gasteiger partial charge on any atom is -0.486 e. The number of carbonyl (C=O) groups is 1. The van der Waals surface area contributed by atoms with Gasteiger partial charge in [0.1, 0.15) is 13.2 Å². The smallest absolute Gasteiger partial charge is 0.223 e. The Balaban J connectivity index is 1.54. The molecular weight excluding hydrogens is 328 g/mol. The highest BCUT2D eigenvalue weighted by atomic mass is 16.6. The van der Waals surface area contributed by atoms with Crippen LogP contribution in [-0.4, -0.2) is 37.1 Å². The third kappa shape index (κ3) is 3.29. The van der Waals surface area contributed by atoms with Crippen molar-refractivity contribution in [1.29, 1.82) is 0 Å². The Bertz CT molecular complexity index is 655. The summed E-state index contributed by atoms with van der Waals surface area (Å²) in [6.45, 7) is 2.60. The van der Waals surface area contributed by atoms with Gasteiger partial charge in [0, 0.05) is 18.5 Å². The number of benzene rings is 1. The maximum absolute atomic E-state index is 13.2. The van der Waals surface area contributed by atoms with Gasteiger partial charge in [-0.1, -0.05) is 31.4 Å². The molecule has 5 nitrogen and oxygen atoms in total. The molecule has 1 amide bonds. The maximum atomic E-state index is 13.2. The molecule has 26 heavy (non-hydrogen) atoms. The van der Waals surface area contributed by atoms with Crippen molar-refractivity contribution in [2.24, 2.45) is 11.1 Å². The number of para-hydroxylation sites is 1. The molecule has 4 rings (SSSR count). The molecule has 0 spiro atoms. The lowest BCUT2D eigenvalue weighted by atomic mass is 9.71. The van der Waals surface area contributed by atoms with E-state index in [1.165, 1.54) is 19.3 Å². The molecule has 1 saturated heterocycles. The Kier molecular flexibility index (Phi) is 5.07. The number of nitrogens with two attached hydrogens (primary N) is 1. The third-order valence-corrected chi connectivity index (χ3v) is 6.40. The maximum Gasteiger partial charge on any atom is 0.223 e. The molecule has 1 unspecified atom stereocenters. The topological polar surface area (TPSA) is 64.8 Å². The van der Waals surface area contributed by atoms with Gasteiger partial charge in [-0.15, -0.1) is 0 Å². The zero-order valence-corrected chi connectivity index (χ0v) is 15.5. The second-order valence-electron chi connectivity index (χ2n) is 8.06. The van der Waals surface area contributed by atoms with E-state index in [0.29, 0.717) is 26.2 Å². The number of carbonyl (C=O) groups excluding carboxylic acids is 1. The summed E-state index contributed by atoms with van der Waals surface area (Å²) < 4.78 is 11.6. The first-order valence-corrected chi connectivity index (χ1v) is 10.1. The molecule has 1 saturated carbocycles. The Hall–Kier alpha value is -1.75. The molecule has 5 heteroatoms. The zero-order valence-electron chi connectivity index (χ0n) is 15.5. The molecule has 1 aromatic rings. The highest BCUT2D eigenvalue weighted by molar-refractivity contribution is 5.78. The van der Waals surface area contributed by atoms with Crippen LogP contribution in [0.4, 0.5) is 0 Å². The van der Waals surface area contributed by atoms with Gasteiger partial charge < -0.3 is 20.1 Å². The fraction of sp³-hybridized carbons (Fsp3) is 0.667. The molecule has 1 aliphatic carbocycles. The molecule has 2 fully saturated rings. The van der Waals surface area contributed by atoms with Crippen molar-refractivity contribution in [2.45, 2.75) is 57.4 Å². The van der Waals surface area contributed by atoms with Gasteiger partial charge in [-0.05, 0) is 43.7 Å². The number of ether oxygens (including phenoxy) is 2. The normalized spacial score (nSPS) is 24.5. The Morgan fingerprint density at radius 3 is 2.77 bits per heavy atom. The van der Waals surface area contributed by atoms with E-state index in [0.717, 1.165) is 49.3 Å². The van der Waals surface area contributed by atoms with Crippen LogP contribution in [0.15, 0.2) is 18.2 Å². The summed E-state index contributed by atoms with van der Waals surface area (Å²) in [7, 11) is 0. The largest absolute Gasteiger partial charge is 0.486 e. The summed E-state index contributed by atoms with van der Waals surface area (Å²) in [4.78, 5) is 15.3. The second kappa shape index (κ2) is 7.47. The highest BCUT2D eigenvalue weighted by Crippen LogP contribution is 2.45. The molecule has 2 aliphatic heterocycles. The predicted molar refractivity (Wildman–Crippen MR) is 100 cm³/mol. The fourth-order valence-corrected chi connectivity index (χ4v) is 4.92. The van der Waals surface area contributed by atoms with Crippen LogP contribution in [0.25, 0.3) is 0 Å². The lowest BCUT2D eigenvalue weighted by molar-refractivity contribution is -0.135. The van der Waals surface area contributed by atoms with Crippen molar-refractivity contribution in [1.82, 2.24) is 4.90 Å². The quantitative estimate of drug-likeness (QED) is 0.896. The minimum atomic E-state index is 0.0121. The summed E-state index contributed by atoms with van der Waals surface area (Å²) in [5, 5.41) is 0. The van der Waals surface area contributed by atoms with Gasteiger partial charge in [-0.25, -0.2) is 0 Å². The van der Waals surface area contributed by atoms with Crippen molar-refractivity contribution in [3.63, 3.8) is 0 Å². The first-order chi connectivity index (χ1) is 12.7. The SMILES string of the molecule is NCC1(CC(=O)N2CCCC2c2cccc3c2OCCO3)CCCCC1. The number of nitrogens with zero attached hydrogens (tertiary/aromatic N) is 1. The number of fused-ring (bicyclic) bond motifs is 1. The van der Waals surface area contributed by atoms with Crippen molar-refractivity contribution >= 4 is 5.91 Å². The number of hydrogen-bond donors (Lipinski definition) is 1. The number of hydrogen-bond acceptors (Lipinski definition) is 4. The van der Waals surface area contributed by atoms with Gasteiger partial charge in [0.15, 0.2) is 11.5 Å². The van der Waals surface area contributed by atoms with Crippen LogP contribution in [0, 0.1) is 5.41 Å². The van der Waals surface area contributed by atoms with E-state index in [2.05, 4.69) is 11.0 Å². The molecular formula is C21H30N2O3. The number of rotatable bonds is 4. The molecule has 1 aromatic carbocycles. The van der Waals surface area contributed by atoms with Crippen LogP contribution < -0.4 is 15.2 Å². The summed E-state index contributed by atoms with van der Waals surface area (Å²) in [5.41, 5.74) is 7.22. The van der Waals surface area contributed by atoms with E-state index in [1.807, 2.05) is 12.1 Å². The third-order valence-electron chi connectivity index (χ3n) is 6.40. The van der Waals surface area contributed by atoms with Crippen molar-refractivity contribution < 1.29 is 14.3 Å². The van der Waals surface area contributed by atoms with Gasteiger partial charge in [-0.2, -0.15) is 0 Å². The van der Waals surface area contributed by atoms with Gasteiger partial charge in [0.2, 0.25) is 5.91 Å². The summed E-state index contributed by atoms with van der Waals surface area (Å²) in [6.07, 6.45) is 8.47. The van der Waals surface area contributed by atoms with Crippen LogP contribution in [0.3, 0.4) is 0 Å². The molecule has 1 atom stereocenters. The minimum absolute atomic E-state index is 0.0121. The summed E-state index contributed by atoms with van der Waals surface area (Å²) in [5.74, 6) is 1.89. The monoisotopic (exact) mass is 358 g/mol. The van der Waals surface area contributed by atoms with Crippen LogP contribution >= 0.6 is 0 Å². The average Bonchev–Trinajstić information content (AvgIpc) is 3.18. The first-order valence-electron chi connectivity index (χ1n) is 10.1. The molecule has 0 radical (unpaired) electrons. The van der Waals surface area contributed by atoms with Crippen molar-refractivity contribution in [3.05, 3.63) is 23.8 Å². The molecule has 142 valence electrons. The fourth-order valence-electron chi connectivity index (χ4n) is 4.92. The molecule has 0 aromatic heterocycles. The van der Waals surface area contributed by atoms with E-state index in [1.54, 1.807) is 0 Å². The van der Waals surface area contributed by atoms with E-state index in [-0.39, 0.29) is 17.4 Å². The zero-order chi connectivity index (χ0) is 18.0. The molecule has 3 aliphatic rings. The van der Waals surface area contributed by atoms with Crippen LogP contribution in [0.5, 0.6) is 11.5 Å². The van der Waals surface area contributed by atoms with Gasteiger partial charge in [0.25, 0.3) is 0 Å². The first kappa shape index (κ1) is 17.7. The Morgan fingerprint density at radius 2 is 1.96 bits per heavy atom. The van der Waals surface area contributed by atoms with Gasteiger partial charge in [0.05, 0.1) is 6.04 Å². The summed E-state index contributed by atoms with van der Waals surface area (Å²) in [6, 6.07) is 6.14. The van der Waals surface area contributed by atoms with E-state index >= 15 is 0 Å². The van der Waals surface area contributed by atoms with E-state index < -0.39 is 0 Å². The predicted octanol–water partition coefficient (Wildman–Crippen LogP) is 3.42. The second-order valence-corrected chi connectivity index (χ2v) is 8.06. The van der Waals surface area contributed by atoms with E-state index in [9.17, 15) is 4.79 Å². The number of likely N-dealkylation sites (tertiary alicyclic amines) is 1. The average molecular weight is 358 g/mol. The van der Waals surface area contributed by atoms with Crippen molar-refractivity contribution in [2.75, 3.05) is 26.3 Å².